The zero-order valence-electron chi connectivity index (χ0n) is 18.2. The average Bonchev–Trinajstić information content (AvgIpc) is 3.62. The summed E-state index contributed by atoms with van der Waals surface area (Å²) in [7, 11) is 0. The number of carboxylic acid groups (broad SMARTS) is 1. The molecule has 0 bridgehead atoms. The third-order valence-corrected chi connectivity index (χ3v) is 5.78. The summed E-state index contributed by atoms with van der Waals surface area (Å²) in [6.07, 6.45) is 2.35. The van der Waals surface area contributed by atoms with Gasteiger partial charge in [0.25, 0.3) is 0 Å². The van der Waals surface area contributed by atoms with Gasteiger partial charge in [-0.1, -0.05) is 35.9 Å². The molecule has 2 aromatic carbocycles. The summed E-state index contributed by atoms with van der Waals surface area (Å²) in [6.45, 7) is 0. The van der Waals surface area contributed by atoms with Gasteiger partial charge in [-0.25, -0.2) is 14.4 Å². The lowest BCUT2D eigenvalue weighted by Crippen LogP contribution is -2.19. The highest BCUT2D eigenvalue weighted by molar-refractivity contribution is 6.30. The highest BCUT2D eigenvalue weighted by atomic mass is 35.5. The minimum absolute atomic E-state index is 0.116. The summed E-state index contributed by atoms with van der Waals surface area (Å²) in [5.41, 5.74) is 3.55. The predicted octanol–water partition coefficient (Wildman–Crippen LogP) is 5.08. The number of aliphatic hydroxyl groups excluding tert-OH is 2. The van der Waals surface area contributed by atoms with Gasteiger partial charge in [-0.2, -0.15) is 0 Å². The van der Waals surface area contributed by atoms with E-state index in [1.807, 2.05) is 12.1 Å². The predicted molar refractivity (Wildman–Crippen MR) is 128 cm³/mol. The molecule has 3 N–H and O–H groups in total. The minimum atomic E-state index is -1.17. The Morgan fingerprint density at radius 3 is 2.50 bits per heavy atom. The van der Waals surface area contributed by atoms with Crippen LogP contribution in [0.3, 0.4) is 0 Å². The van der Waals surface area contributed by atoms with Crippen molar-refractivity contribution in [2.45, 2.75) is 43.8 Å². The van der Waals surface area contributed by atoms with E-state index < -0.39 is 24.6 Å². The first-order chi connectivity index (χ1) is 16.3. The smallest absolute Gasteiger partial charge is 0.305 e. The number of carboxylic acids is 1. The van der Waals surface area contributed by atoms with Crippen LogP contribution in [0.1, 0.15) is 42.9 Å². The first-order valence-electron chi connectivity index (χ1n) is 11.0. The quantitative estimate of drug-likeness (QED) is 0.393. The highest BCUT2D eigenvalue weighted by Crippen LogP contribution is 2.43. The van der Waals surface area contributed by atoms with Crippen LogP contribution in [-0.4, -0.2) is 43.5 Å². The van der Waals surface area contributed by atoms with Crippen LogP contribution in [0.4, 0.5) is 4.39 Å². The Hall–Kier alpha value is -3.13. The Morgan fingerprint density at radius 1 is 1.12 bits per heavy atom. The van der Waals surface area contributed by atoms with Crippen molar-refractivity contribution in [2.75, 3.05) is 0 Å². The van der Waals surface area contributed by atoms with Crippen molar-refractivity contribution < 1.29 is 24.5 Å². The van der Waals surface area contributed by atoms with Gasteiger partial charge >= 0.3 is 5.97 Å². The second kappa shape index (κ2) is 10.4. The number of hydrogen-bond donors (Lipinski definition) is 3. The molecule has 2 unspecified atom stereocenters. The first-order valence-corrected chi connectivity index (χ1v) is 11.4. The van der Waals surface area contributed by atoms with Gasteiger partial charge in [0, 0.05) is 34.1 Å². The van der Waals surface area contributed by atoms with E-state index in [2.05, 4.69) is 0 Å². The molecule has 4 rings (SSSR count). The van der Waals surface area contributed by atoms with Crippen molar-refractivity contribution >= 4 is 23.6 Å². The molecular formula is C26H24ClFN2O4. The van der Waals surface area contributed by atoms with Crippen molar-refractivity contribution in [2.24, 2.45) is 0 Å². The average molecular weight is 483 g/mol. The molecule has 8 heteroatoms. The van der Waals surface area contributed by atoms with Crippen LogP contribution in [0.25, 0.3) is 28.7 Å². The topological polar surface area (TPSA) is 104 Å². The SMILES string of the molecule is O=C(O)CC(O)CC(O)C=Cc1c(-c2ccc(F)cc2)nc(-c2cccc(Cl)c2)nc1C1CC1. The van der Waals surface area contributed by atoms with E-state index in [-0.39, 0.29) is 18.2 Å². The van der Waals surface area contributed by atoms with E-state index in [4.69, 9.17) is 26.7 Å². The van der Waals surface area contributed by atoms with Crippen molar-refractivity contribution in [3.05, 3.63) is 76.7 Å². The fraction of sp³-hybridized carbons (Fsp3) is 0.269. The molecule has 1 aliphatic rings. The van der Waals surface area contributed by atoms with Gasteiger partial charge in [0.05, 0.1) is 30.0 Å². The number of nitrogens with zero attached hydrogens (tertiary/aromatic N) is 2. The maximum Gasteiger partial charge on any atom is 0.305 e. The van der Waals surface area contributed by atoms with Crippen LogP contribution in [-0.2, 0) is 4.79 Å². The van der Waals surface area contributed by atoms with Gasteiger partial charge in [-0.15, -0.1) is 0 Å². The molecule has 0 amide bonds. The number of rotatable bonds is 9. The molecule has 0 spiro atoms. The van der Waals surface area contributed by atoms with Crippen molar-refractivity contribution in [1.29, 1.82) is 0 Å². The summed E-state index contributed by atoms with van der Waals surface area (Å²) >= 11 is 6.18. The molecule has 3 aromatic rings. The molecule has 1 aromatic heterocycles. The summed E-state index contributed by atoms with van der Waals surface area (Å²) in [6, 6.07) is 13.2. The van der Waals surface area contributed by atoms with E-state index in [1.165, 1.54) is 18.2 Å². The normalized spacial score (nSPS) is 15.4. The molecular weight excluding hydrogens is 459 g/mol. The maximum atomic E-state index is 13.6. The first kappa shape index (κ1) is 24.0. The van der Waals surface area contributed by atoms with E-state index >= 15 is 0 Å². The van der Waals surface area contributed by atoms with Crippen LogP contribution in [0.5, 0.6) is 0 Å². The fourth-order valence-electron chi connectivity index (χ4n) is 3.75. The largest absolute Gasteiger partial charge is 0.481 e. The number of benzene rings is 2. The van der Waals surface area contributed by atoms with E-state index in [1.54, 1.807) is 30.3 Å². The van der Waals surface area contributed by atoms with Gasteiger partial charge in [-0.3, -0.25) is 4.79 Å². The Morgan fingerprint density at radius 2 is 1.85 bits per heavy atom. The summed E-state index contributed by atoms with van der Waals surface area (Å²) in [5, 5.41) is 29.6. The molecule has 1 aliphatic carbocycles. The third kappa shape index (κ3) is 6.05. The van der Waals surface area contributed by atoms with Crippen LogP contribution in [0.2, 0.25) is 5.02 Å². The van der Waals surface area contributed by atoms with Crippen molar-refractivity contribution in [1.82, 2.24) is 9.97 Å². The van der Waals surface area contributed by atoms with Gasteiger partial charge in [0.15, 0.2) is 5.82 Å². The monoisotopic (exact) mass is 482 g/mol. The number of aliphatic carboxylic acids is 1. The van der Waals surface area contributed by atoms with Gasteiger partial charge < -0.3 is 15.3 Å². The Bertz CT molecular complexity index is 1210. The molecule has 0 radical (unpaired) electrons. The number of halogens is 2. The lowest BCUT2D eigenvalue weighted by Gasteiger charge is -2.15. The van der Waals surface area contributed by atoms with Crippen LogP contribution in [0, 0.1) is 5.82 Å². The molecule has 34 heavy (non-hydrogen) atoms. The molecule has 176 valence electrons. The lowest BCUT2D eigenvalue weighted by atomic mass is 9.99. The van der Waals surface area contributed by atoms with Crippen molar-refractivity contribution in [3.8, 4) is 22.6 Å². The minimum Gasteiger partial charge on any atom is -0.481 e. The number of aliphatic hydroxyl groups is 2. The van der Waals surface area contributed by atoms with Gasteiger partial charge in [-0.05, 0) is 49.2 Å². The van der Waals surface area contributed by atoms with E-state index in [9.17, 15) is 19.4 Å². The molecule has 1 fully saturated rings. The molecule has 2 atom stereocenters. The zero-order chi connectivity index (χ0) is 24.2. The zero-order valence-corrected chi connectivity index (χ0v) is 19.0. The maximum absolute atomic E-state index is 13.6. The second-order valence-electron chi connectivity index (χ2n) is 8.40. The van der Waals surface area contributed by atoms with Gasteiger partial charge in [0.2, 0.25) is 0 Å². The molecule has 0 saturated heterocycles. The number of hydrogen-bond acceptors (Lipinski definition) is 5. The molecule has 1 heterocycles. The molecule has 1 saturated carbocycles. The second-order valence-corrected chi connectivity index (χ2v) is 8.84. The Balaban J connectivity index is 1.77. The van der Waals surface area contributed by atoms with E-state index in [0.29, 0.717) is 27.7 Å². The molecule has 6 nitrogen and oxygen atoms in total. The number of aromatic nitrogens is 2. The van der Waals surface area contributed by atoms with E-state index in [0.717, 1.165) is 24.1 Å². The Kier molecular flexibility index (Phi) is 7.36. The van der Waals surface area contributed by atoms with Crippen molar-refractivity contribution in [3.63, 3.8) is 0 Å². The van der Waals surface area contributed by atoms with Crippen LogP contribution in [0.15, 0.2) is 54.6 Å². The third-order valence-electron chi connectivity index (χ3n) is 5.55. The Labute approximate surface area is 201 Å². The lowest BCUT2D eigenvalue weighted by molar-refractivity contribution is -0.139. The van der Waals surface area contributed by atoms with Crippen LogP contribution >= 0.6 is 11.6 Å². The van der Waals surface area contributed by atoms with Gasteiger partial charge in [0.1, 0.15) is 5.82 Å². The summed E-state index contributed by atoms with van der Waals surface area (Å²) in [4.78, 5) is 20.4. The van der Waals surface area contributed by atoms with Crippen LogP contribution < -0.4 is 0 Å². The number of carbonyl (C=O) groups is 1. The highest BCUT2D eigenvalue weighted by Gasteiger charge is 2.30. The standard InChI is InChI=1S/C26H24ClFN2O4/c27-18-3-1-2-17(12-18)26-29-24(15-4-5-15)22(11-10-20(31)13-21(32)14-23(33)34)25(30-26)16-6-8-19(28)9-7-16/h1-3,6-12,15,20-21,31-32H,4-5,13-14H2,(H,33,34). The molecule has 0 aliphatic heterocycles. The summed E-state index contributed by atoms with van der Waals surface area (Å²) < 4.78 is 13.6. The fourth-order valence-corrected chi connectivity index (χ4v) is 3.94. The summed E-state index contributed by atoms with van der Waals surface area (Å²) in [5.74, 6) is -0.772.